The molecule has 5 aliphatic rings. The third-order valence-corrected chi connectivity index (χ3v) is 26.6. The second kappa shape index (κ2) is 40.7. The number of morpholine rings is 1. The molecular formula is C108H103N15O14. The molecule has 0 aliphatic carbocycles. The lowest BCUT2D eigenvalue weighted by Crippen LogP contribution is -2.39. The molecule has 29 nitrogen and oxygen atoms in total. The zero-order valence-electron chi connectivity index (χ0n) is 75.9. The van der Waals surface area contributed by atoms with E-state index in [0.29, 0.717) is 147 Å². The Morgan fingerprint density at radius 2 is 0.781 bits per heavy atom. The van der Waals surface area contributed by atoms with Crippen LogP contribution in [0, 0.1) is 6.92 Å². The van der Waals surface area contributed by atoms with Gasteiger partial charge >= 0.3 is 0 Å². The number of nitrogens with zero attached hydrogens (tertiary/aromatic N) is 15. The molecule has 137 heavy (non-hydrogen) atoms. The Balaban J connectivity index is 0.000000113. The molecule has 0 unspecified atom stereocenters. The summed E-state index contributed by atoms with van der Waals surface area (Å²) in [4.78, 5) is 93.2. The van der Waals surface area contributed by atoms with E-state index >= 15 is 0 Å². The average molecular weight is 1840 g/mol. The van der Waals surface area contributed by atoms with Crippen molar-refractivity contribution in [3.05, 3.63) is 354 Å². The van der Waals surface area contributed by atoms with Crippen molar-refractivity contribution in [3.8, 4) is 23.0 Å². The molecule has 0 saturated carbocycles. The van der Waals surface area contributed by atoms with Crippen molar-refractivity contribution in [1.29, 1.82) is 0 Å². The van der Waals surface area contributed by atoms with Gasteiger partial charge in [-0.25, -0.2) is 34.6 Å². The van der Waals surface area contributed by atoms with E-state index in [1.165, 1.54) is 26.7 Å². The molecule has 14 heterocycles. The number of rotatable bonds is 17. The van der Waals surface area contributed by atoms with Crippen molar-refractivity contribution in [2.24, 2.45) is 0 Å². The number of ether oxygens (including phenoxy) is 6. The van der Waals surface area contributed by atoms with Crippen LogP contribution >= 0.6 is 0 Å². The number of benzene rings is 9. The molecule has 5 aliphatic heterocycles. The van der Waals surface area contributed by atoms with Crippen LogP contribution in [0.3, 0.4) is 0 Å². The van der Waals surface area contributed by atoms with Gasteiger partial charge in [-0.15, -0.1) is 0 Å². The molecule has 4 N–H and O–H groups in total. The molecular weight excluding hydrogens is 1730 g/mol. The summed E-state index contributed by atoms with van der Waals surface area (Å²) in [5.74, 6) is 1.31. The SMILES string of the molecule is CCOc1ncccc1-c1ccc(Cc2cc3c(=O)n([C@H]4CCOC[C@@H]4O)cnc3c3ccccc23)cn1.Cc1ccc(Cc2cc3c(=O)n([C@H]4COCC[C@@H]4O)cnc3c3ccccc23)cn1.O=c1c2cc(Cc3ccc(-n4cccn4)nc3)c3ccccc3c2ncn1[C@H]1COCC[C@@H]1O.O=c1c2cc(Cc3cccc(N4CCOCC4)c3)c3ccccc3c2ncn1[C@H]1CCOC[C@@H]1O. The number of aliphatic hydroxyl groups is 4. The van der Waals surface area contributed by atoms with E-state index in [1.807, 2.05) is 184 Å². The molecule has 0 radical (unpaired) electrons. The normalized spacial score (nSPS) is 19.1. The Hall–Kier alpha value is -14.4. The van der Waals surface area contributed by atoms with E-state index in [0.717, 1.165) is 131 Å². The quantitative estimate of drug-likeness (QED) is 0.0615. The molecule has 8 atom stereocenters. The van der Waals surface area contributed by atoms with Gasteiger partial charge in [0.2, 0.25) is 5.88 Å². The van der Waals surface area contributed by atoms with Crippen LogP contribution in [0.2, 0.25) is 0 Å². The first-order valence-corrected chi connectivity index (χ1v) is 46.6. The smallest absolute Gasteiger partial charge is 0.261 e. The third kappa shape index (κ3) is 19.0. The van der Waals surface area contributed by atoms with E-state index in [4.69, 9.17) is 38.4 Å². The van der Waals surface area contributed by atoms with Crippen LogP contribution in [-0.2, 0) is 49.4 Å². The Morgan fingerprint density at radius 3 is 1.19 bits per heavy atom. The van der Waals surface area contributed by atoms with Crippen molar-refractivity contribution in [3.63, 3.8) is 0 Å². The van der Waals surface area contributed by atoms with Crippen LogP contribution in [0.15, 0.2) is 282 Å². The van der Waals surface area contributed by atoms with Crippen LogP contribution in [0.5, 0.6) is 5.88 Å². The van der Waals surface area contributed by atoms with Crippen molar-refractivity contribution in [2.75, 3.05) is 90.7 Å². The lowest BCUT2D eigenvalue weighted by Gasteiger charge is -2.29. The highest BCUT2D eigenvalue weighted by Crippen LogP contribution is 2.37. The van der Waals surface area contributed by atoms with E-state index in [1.54, 1.807) is 45.2 Å². The summed E-state index contributed by atoms with van der Waals surface area (Å²) < 4.78 is 40.8. The first kappa shape index (κ1) is 90.4. The Labute approximate surface area is 786 Å². The van der Waals surface area contributed by atoms with Crippen LogP contribution in [0.4, 0.5) is 5.69 Å². The van der Waals surface area contributed by atoms with Crippen molar-refractivity contribution < 1.29 is 48.8 Å². The van der Waals surface area contributed by atoms with E-state index < -0.39 is 36.5 Å². The predicted octanol–water partition coefficient (Wildman–Crippen LogP) is 13.8. The Morgan fingerprint density at radius 1 is 0.358 bits per heavy atom. The molecule has 0 bridgehead atoms. The number of pyridine rings is 4. The fraction of sp³-hybridized carbons (Fsp3) is 0.287. The topological polar surface area (TPSA) is 348 Å². The lowest BCUT2D eigenvalue weighted by atomic mass is 9.95. The minimum absolute atomic E-state index is 0.116. The van der Waals surface area contributed by atoms with Gasteiger partial charge in [-0.05, 0) is 204 Å². The third-order valence-electron chi connectivity index (χ3n) is 26.6. The fourth-order valence-electron chi connectivity index (χ4n) is 19.5. The maximum absolute atomic E-state index is 13.6. The van der Waals surface area contributed by atoms with Gasteiger partial charge in [0.25, 0.3) is 22.2 Å². The average Bonchev–Trinajstić information content (AvgIpc) is 1.04. The molecule has 5 fully saturated rings. The minimum Gasteiger partial charge on any atom is -0.477 e. The van der Waals surface area contributed by atoms with Gasteiger partial charge in [-0.2, -0.15) is 5.10 Å². The van der Waals surface area contributed by atoms with Crippen LogP contribution in [0.25, 0.3) is 104 Å². The number of hydrogen-bond donors (Lipinski definition) is 4. The molecule has 9 aromatic carbocycles. The highest BCUT2D eigenvalue weighted by Gasteiger charge is 2.33. The van der Waals surface area contributed by atoms with Gasteiger partial charge < -0.3 is 53.7 Å². The molecule has 694 valence electrons. The van der Waals surface area contributed by atoms with Crippen molar-refractivity contribution >= 4 is 92.4 Å². The zero-order valence-corrected chi connectivity index (χ0v) is 75.9. The lowest BCUT2D eigenvalue weighted by molar-refractivity contribution is -0.0395. The number of aromatic nitrogens is 14. The van der Waals surface area contributed by atoms with Crippen LogP contribution in [-0.4, -0.2) is 199 Å². The number of aryl methyl sites for hydroxylation is 1. The van der Waals surface area contributed by atoms with Gasteiger partial charge in [0.05, 0.1) is 175 Å². The first-order chi connectivity index (χ1) is 67.1. The van der Waals surface area contributed by atoms with E-state index in [9.17, 15) is 39.6 Å². The minimum atomic E-state index is -0.742. The highest BCUT2D eigenvalue weighted by atomic mass is 16.5. The van der Waals surface area contributed by atoms with E-state index in [-0.39, 0.29) is 47.5 Å². The van der Waals surface area contributed by atoms with Crippen molar-refractivity contribution in [1.82, 2.24) is 67.9 Å². The maximum Gasteiger partial charge on any atom is 0.261 e. The van der Waals surface area contributed by atoms with E-state index in [2.05, 4.69) is 94.5 Å². The molecule has 9 aromatic heterocycles. The number of hydrogen-bond acceptors (Lipinski definition) is 24. The van der Waals surface area contributed by atoms with Crippen molar-refractivity contribution in [2.45, 2.75) is 114 Å². The van der Waals surface area contributed by atoms with Gasteiger partial charge in [0, 0.05) is 110 Å². The molecule has 23 rings (SSSR count). The van der Waals surface area contributed by atoms with Crippen LogP contribution < -0.4 is 31.9 Å². The first-order valence-electron chi connectivity index (χ1n) is 46.6. The molecule has 29 heteroatoms. The summed E-state index contributed by atoms with van der Waals surface area (Å²) in [6, 6.07) is 64.8. The number of anilines is 1. The number of fused-ring (bicyclic) bond motifs is 12. The molecule has 18 aromatic rings. The second-order valence-corrected chi connectivity index (χ2v) is 35.3. The largest absolute Gasteiger partial charge is 0.477 e. The monoisotopic (exact) mass is 1830 g/mol. The fourth-order valence-corrected chi connectivity index (χ4v) is 19.5. The van der Waals surface area contributed by atoms with Gasteiger partial charge in [0.15, 0.2) is 5.82 Å². The summed E-state index contributed by atoms with van der Waals surface area (Å²) in [5, 5.41) is 56.3. The van der Waals surface area contributed by atoms with Gasteiger partial charge in [-0.3, -0.25) is 47.4 Å². The molecule has 0 spiro atoms. The zero-order chi connectivity index (χ0) is 93.6. The Kier molecular flexibility index (Phi) is 26.8. The molecule has 5 saturated heterocycles. The highest BCUT2D eigenvalue weighted by molar-refractivity contribution is 6.10. The van der Waals surface area contributed by atoms with Crippen LogP contribution in [0.1, 0.15) is 107 Å². The standard InChI is InChI=1S/C30H28N4O4.C28H29N3O4.C26H23N5O3.C24H23N3O3/c1-2-38-29-23(8-5-12-31-29)25-10-9-19(16-32-25)14-20-15-24-28(22-7-4-3-6-21(20)22)33-18-34(30(24)36)26-11-13-37-17-27(26)35;32-26-17-35-11-8-25(26)31-18-29-27-23-7-2-1-6-22(23)20(16-24(27)28(31)33)14-19-4-3-5-21(15-19)30-9-12-34-13-10-30;32-23-8-11-34-15-22(23)30-16-28-25-20-5-2-1-4-19(20)18(13-21(25)26(30)33)12-17-6-7-24(27-14-17)31-10-3-9-29-31;1-15-6-7-16(12-25-15)10-17-11-20-23(19-5-3-2-4-18(17)19)26-14-27(24(20)29)21-13-30-9-8-22(21)28/h3-10,12,15-16,18,26-27,35H,2,11,13-14,17H2,1H3;1-7,15-16,18,25-26,32H,8-14,17H2;1-7,9-10,13-14,16,22-23,32H,8,11-12,15H2;2-7,11-12,14,21-22,28H,8-10,13H2,1H3/t26-,27-;25-,26-;22-,23-;21-,22-/m0000/s1. The van der Waals surface area contributed by atoms with Gasteiger partial charge in [-0.1, -0.05) is 127 Å². The summed E-state index contributed by atoms with van der Waals surface area (Å²) >= 11 is 0. The maximum atomic E-state index is 13.6. The second-order valence-electron chi connectivity index (χ2n) is 35.3. The molecule has 0 amide bonds. The summed E-state index contributed by atoms with van der Waals surface area (Å²) in [6.07, 6.45) is 19.1. The number of aliphatic hydroxyl groups excluding tert-OH is 4. The Bertz CT molecular complexity index is 7710. The predicted molar refractivity (Wildman–Crippen MR) is 526 cm³/mol. The summed E-state index contributed by atoms with van der Waals surface area (Å²) in [5.41, 5.74) is 14.5. The summed E-state index contributed by atoms with van der Waals surface area (Å²) in [7, 11) is 0. The summed E-state index contributed by atoms with van der Waals surface area (Å²) in [6.45, 7) is 10.8. The van der Waals surface area contributed by atoms with Gasteiger partial charge in [0.1, 0.15) is 0 Å².